The molecule has 0 saturated heterocycles. The highest BCUT2D eigenvalue weighted by molar-refractivity contribution is 5.85. The van der Waals surface area contributed by atoms with Crippen LogP contribution in [0.15, 0.2) is 24.5 Å². The summed E-state index contributed by atoms with van der Waals surface area (Å²) in [5.41, 5.74) is 1.66. The summed E-state index contributed by atoms with van der Waals surface area (Å²) in [6.45, 7) is 3.35. The second-order valence-corrected chi connectivity index (χ2v) is 4.53. The lowest BCUT2D eigenvalue weighted by molar-refractivity contribution is -0.142. The lowest BCUT2D eigenvalue weighted by atomic mass is 10.0. The molecular weight excluding hydrogens is 218 g/mol. The van der Waals surface area contributed by atoms with Crippen molar-refractivity contribution in [3.63, 3.8) is 0 Å². The Kier molecular flexibility index (Phi) is 2.53. The Labute approximate surface area is 99.1 Å². The number of carboxylic acid groups (broad SMARTS) is 1. The molecule has 0 bridgehead atoms. The Hall–Kier alpha value is -2.04. The number of aliphatic carboxylic acids is 1. The number of anilines is 1. The van der Waals surface area contributed by atoms with Gasteiger partial charge in [-0.1, -0.05) is 0 Å². The molecule has 2 N–H and O–H groups in total. The third-order valence-electron chi connectivity index (χ3n) is 3.15. The molecule has 0 radical (unpaired) electrons. The lowest BCUT2D eigenvalue weighted by Gasteiger charge is -2.33. The van der Waals surface area contributed by atoms with Crippen LogP contribution in [0.3, 0.4) is 0 Å². The number of nitrogens with zero attached hydrogens (tertiary/aromatic N) is 2. The van der Waals surface area contributed by atoms with Crippen LogP contribution in [0.5, 0.6) is 0 Å². The van der Waals surface area contributed by atoms with Crippen molar-refractivity contribution in [1.82, 2.24) is 9.97 Å². The molecule has 0 fully saturated rings. The molecule has 5 heteroatoms. The molecule has 2 aromatic rings. The summed E-state index contributed by atoms with van der Waals surface area (Å²) in [6, 6.07) is 5.64. The minimum absolute atomic E-state index is 0.842. The molecule has 0 aliphatic rings. The van der Waals surface area contributed by atoms with Gasteiger partial charge < -0.3 is 15.0 Å². The molecule has 0 saturated carbocycles. The quantitative estimate of drug-likeness (QED) is 0.849. The van der Waals surface area contributed by atoms with Crippen molar-refractivity contribution >= 4 is 22.7 Å². The first-order valence-corrected chi connectivity index (χ1v) is 5.33. The van der Waals surface area contributed by atoms with E-state index in [4.69, 9.17) is 0 Å². The molecule has 90 valence electrons. The number of aromatic amines is 1. The molecule has 0 unspecified atom stereocenters. The first-order valence-electron chi connectivity index (χ1n) is 5.33. The van der Waals surface area contributed by atoms with E-state index in [-0.39, 0.29) is 0 Å². The van der Waals surface area contributed by atoms with Gasteiger partial charge in [-0.3, -0.25) is 0 Å². The Morgan fingerprint density at radius 2 is 2.18 bits per heavy atom. The van der Waals surface area contributed by atoms with Crippen LogP contribution in [0.1, 0.15) is 13.8 Å². The Morgan fingerprint density at radius 3 is 2.82 bits per heavy atom. The highest BCUT2D eigenvalue weighted by Gasteiger charge is 2.32. The summed E-state index contributed by atoms with van der Waals surface area (Å²) in [5.74, 6) is -0.857. The summed E-state index contributed by atoms with van der Waals surface area (Å²) < 4.78 is 0. The number of carboxylic acids is 1. The molecule has 2 rings (SSSR count). The number of H-pyrrole nitrogens is 1. The molecule has 0 atom stereocenters. The molecule has 0 aliphatic heterocycles. The van der Waals surface area contributed by atoms with Crippen molar-refractivity contribution in [2.45, 2.75) is 19.4 Å². The number of hydrogen-bond acceptors (Lipinski definition) is 3. The van der Waals surface area contributed by atoms with Crippen molar-refractivity contribution in [2.75, 3.05) is 11.9 Å². The third-order valence-corrected chi connectivity index (χ3v) is 3.15. The monoisotopic (exact) mass is 233 g/mol. The number of carbonyl (C=O) groups is 1. The predicted molar refractivity (Wildman–Crippen MR) is 66.2 cm³/mol. The molecular formula is C12H15N3O2. The Bertz CT molecular complexity index is 560. The van der Waals surface area contributed by atoms with Crippen molar-refractivity contribution in [2.24, 2.45) is 0 Å². The Morgan fingerprint density at radius 1 is 1.47 bits per heavy atom. The van der Waals surface area contributed by atoms with E-state index in [1.54, 1.807) is 32.1 Å². The molecule has 1 aromatic heterocycles. The number of benzene rings is 1. The largest absolute Gasteiger partial charge is 0.480 e. The molecule has 5 nitrogen and oxygen atoms in total. The normalized spacial score (nSPS) is 11.7. The maximum atomic E-state index is 11.2. The van der Waals surface area contributed by atoms with Crippen LogP contribution < -0.4 is 4.90 Å². The van der Waals surface area contributed by atoms with Crippen molar-refractivity contribution in [3.8, 4) is 0 Å². The summed E-state index contributed by atoms with van der Waals surface area (Å²) in [4.78, 5) is 20.1. The fourth-order valence-electron chi connectivity index (χ4n) is 1.60. The molecule has 0 aliphatic carbocycles. The maximum Gasteiger partial charge on any atom is 0.328 e. The van der Waals surface area contributed by atoms with E-state index in [9.17, 15) is 9.90 Å². The molecule has 0 amide bonds. The van der Waals surface area contributed by atoms with Crippen LogP contribution in [0.4, 0.5) is 5.69 Å². The minimum atomic E-state index is -0.951. The van der Waals surface area contributed by atoms with Gasteiger partial charge in [0.1, 0.15) is 5.54 Å². The molecule has 17 heavy (non-hydrogen) atoms. The SMILES string of the molecule is CN(c1ccc2nc[nH]c2c1)C(C)(C)C(=O)O. The number of hydrogen-bond donors (Lipinski definition) is 2. The zero-order valence-corrected chi connectivity index (χ0v) is 10.1. The molecule has 1 heterocycles. The fraction of sp³-hybridized carbons (Fsp3) is 0.333. The lowest BCUT2D eigenvalue weighted by Crippen LogP contribution is -2.48. The summed E-state index contributed by atoms with van der Waals surface area (Å²) in [7, 11) is 1.77. The summed E-state index contributed by atoms with van der Waals surface area (Å²) in [5, 5.41) is 9.18. The van der Waals surface area contributed by atoms with Crippen LogP contribution in [0, 0.1) is 0 Å². The van der Waals surface area contributed by atoms with Gasteiger partial charge >= 0.3 is 5.97 Å². The standard InChI is InChI=1S/C12H15N3O2/c1-12(2,11(16)17)15(3)8-4-5-9-10(6-8)14-7-13-9/h4-7H,1-3H3,(H,13,14)(H,16,17). The first kappa shape index (κ1) is 11.4. The number of likely N-dealkylation sites (N-methyl/N-ethyl adjacent to an activating group) is 1. The van der Waals surface area contributed by atoms with Crippen molar-refractivity contribution in [3.05, 3.63) is 24.5 Å². The summed E-state index contributed by atoms with van der Waals surface area (Å²) in [6.07, 6.45) is 1.62. The maximum absolute atomic E-state index is 11.2. The molecule has 0 spiro atoms. The number of rotatable bonds is 3. The topological polar surface area (TPSA) is 69.2 Å². The van der Waals surface area contributed by atoms with E-state index in [0.717, 1.165) is 16.7 Å². The van der Waals surface area contributed by atoms with Gasteiger partial charge in [0, 0.05) is 12.7 Å². The second-order valence-electron chi connectivity index (χ2n) is 4.53. The van der Waals surface area contributed by atoms with Gasteiger partial charge in [-0.25, -0.2) is 9.78 Å². The number of imidazole rings is 1. The van der Waals surface area contributed by atoms with Crippen LogP contribution in [-0.2, 0) is 4.79 Å². The van der Waals surface area contributed by atoms with Crippen LogP contribution in [0.25, 0.3) is 11.0 Å². The van der Waals surface area contributed by atoms with Gasteiger partial charge in [0.25, 0.3) is 0 Å². The highest BCUT2D eigenvalue weighted by Crippen LogP contribution is 2.25. The van der Waals surface area contributed by atoms with Gasteiger partial charge in [-0.15, -0.1) is 0 Å². The van der Waals surface area contributed by atoms with Gasteiger partial charge in [-0.2, -0.15) is 0 Å². The van der Waals surface area contributed by atoms with Gasteiger partial charge in [0.15, 0.2) is 0 Å². The number of aromatic nitrogens is 2. The van der Waals surface area contributed by atoms with E-state index in [1.807, 2.05) is 18.2 Å². The van der Waals surface area contributed by atoms with E-state index in [1.165, 1.54) is 0 Å². The zero-order valence-electron chi connectivity index (χ0n) is 10.1. The third kappa shape index (κ3) is 1.84. The van der Waals surface area contributed by atoms with Crippen molar-refractivity contribution < 1.29 is 9.90 Å². The van der Waals surface area contributed by atoms with Crippen LogP contribution >= 0.6 is 0 Å². The Balaban J connectivity index is 2.42. The van der Waals surface area contributed by atoms with E-state index in [0.29, 0.717) is 0 Å². The van der Waals surface area contributed by atoms with Crippen molar-refractivity contribution in [1.29, 1.82) is 0 Å². The van der Waals surface area contributed by atoms with E-state index < -0.39 is 11.5 Å². The fourth-order valence-corrected chi connectivity index (χ4v) is 1.60. The first-order chi connectivity index (χ1) is 7.93. The number of nitrogens with one attached hydrogen (secondary N) is 1. The van der Waals surface area contributed by atoms with Crippen LogP contribution in [0.2, 0.25) is 0 Å². The number of fused-ring (bicyclic) bond motifs is 1. The predicted octanol–water partition coefficient (Wildman–Crippen LogP) is 1.86. The zero-order chi connectivity index (χ0) is 12.6. The van der Waals surface area contributed by atoms with E-state index >= 15 is 0 Å². The van der Waals surface area contributed by atoms with Gasteiger partial charge in [0.2, 0.25) is 0 Å². The van der Waals surface area contributed by atoms with Gasteiger partial charge in [0.05, 0.1) is 17.4 Å². The van der Waals surface area contributed by atoms with E-state index in [2.05, 4.69) is 9.97 Å². The van der Waals surface area contributed by atoms with Gasteiger partial charge in [-0.05, 0) is 32.0 Å². The second kappa shape index (κ2) is 3.76. The smallest absolute Gasteiger partial charge is 0.328 e. The summed E-state index contributed by atoms with van der Waals surface area (Å²) >= 11 is 0. The molecule has 1 aromatic carbocycles. The van der Waals surface area contributed by atoms with Crippen LogP contribution in [-0.4, -0.2) is 33.6 Å². The highest BCUT2D eigenvalue weighted by atomic mass is 16.4. The minimum Gasteiger partial charge on any atom is -0.480 e. The average Bonchev–Trinajstić information content (AvgIpc) is 2.74. The average molecular weight is 233 g/mol.